The highest BCUT2D eigenvalue weighted by Crippen LogP contribution is 2.32. The van der Waals surface area contributed by atoms with E-state index in [9.17, 15) is 13.2 Å². The van der Waals surface area contributed by atoms with Gasteiger partial charge in [-0.1, -0.05) is 0 Å². The lowest BCUT2D eigenvalue weighted by atomic mass is 10.1. The van der Waals surface area contributed by atoms with Crippen LogP contribution in [0, 0.1) is 12.7 Å². The Kier molecular flexibility index (Phi) is 3.75. The summed E-state index contributed by atoms with van der Waals surface area (Å²) in [4.78, 5) is 4.54. The van der Waals surface area contributed by atoms with Crippen LogP contribution in [0.15, 0.2) is 42.7 Å². The van der Waals surface area contributed by atoms with Crippen molar-refractivity contribution in [2.75, 3.05) is 0 Å². The minimum absolute atomic E-state index is 0.151. The first-order valence-electron chi connectivity index (χ1n) is 7.87. The van der Waals surface area contributed by atoms with Crippen LogP contribution in [-0.2, 0) is 7.05 Å². The molecule has 0 aliphatic heterocycles. The number of hydrogen-bond donors (Lipinski definition) is 0. The number of nitrogens with zero attached hydrogens (tertiary/aromatic N) is 5. The number of halogens is 3. The van der Waals surface area contributed by atoms with Crippen LogP contribution < -0.4 is 0 Å². The van der Waals surface area contributed by atoms with Crippen molar-refractivity contribution in [3.8, 4) is 16.9 Å². The van der Waals surface area contributed by atoms with Gasteiger partial charge in [-0.15, -0.1) is 0 Å². The Morgan fingerprint density at radius 1 is 1.04 bits per heavy atom. The predicted molar refractivity (Wildman–Crippen MR) is 90.7 cm³/mol. The zero-order valence-electron chi connectivity index (χ0n) is 14.0. The van der Waals surface area contributed by atoms with Crippen LogP contribution in [0.2, 0.25) is 0 Å². The second-order valence-corrected chi connectivity index (χ2v) is 5.93. The lowest BCUT2D eigenvalue weighted by Gasteiger charge is -2.08. The first-order valence-corrected chi connectivity index (χ1v) is 7.87. The maximum Gasteiger partial charge on any atom is 0.264 e. The molecule has 0 aliphatic carbocycles. The minimum Gasteiger partial charge on any atom is -0.272 e. The summed E-state index contributed by atoms with van der Waals surface area (Å²) in [6.07, 6.45) is 0.270. The van der Waals surface area contributed by atoms with E-state index in [2.05, 4.69) is 15.2 Å². The third kappa shape index (κ3) is 2.54. The number of hydrogen-bond acceptors (Lipinski definition) is 3. The molecule has 0 unspecified atom stereocenters. The maximum absolute atomic E-state index is 13.6. The molecular weight excluding hydrogens is 343 g/mol. The van der Waals surface area contributed by atoms with Crippen LogP contribution in [0.3, 0.4) is 0 Å². The van der Waals surface area contributed by atoms with Crippen molar-refractivity contribution in [1.82, 2.24) is 24.5 Å². The van der Waals surface area contributed by atoms with Crippen LogP contribution in [0.1, 0.15) is 17.7 Å². The van der Waals surface area contributed by atoms with Crippen LogP contribution >= 0.6 is 0 Å². The monoisotopic (exact) mass is 357 g/mol. The molecule has 0 atom stereocenters. The highest BCUT2D eigenvalue weighted by molar-refractivity contribution is 5.84. The smallest absolute Gasteiger partial charge is 0.264 e. The van der Waals surface area contributed by atoms with E-state index in [0.29, 0.717) is 16.9 Å². The zero-order valence-corrected chi connectivity index (χ0v) is 14.0. The van der Waals surface area contributed by atoms with E-state index >= 15 is 0 Å². The molecule has 4 aromatic rings. The second-order valence-electron chi connectivity index (χ2n) is 5.93. The summed E-state index contributed by atoms with van der Waals surface area (Å²) in [6.45, 7) is 1.84. The lowest BCUT2D eigenvalue weighted by Crippen LogP contribution is -2.00. The van der Waals surface area contributed by atoms with Gasteiger partial charge in [0, 0.05) is 29.3 Å². The molecule has 1 aromatic carbocycles. The first-order chi connectivity index (χ1) is 12.5. The maximum atomic E-state index is 13.6. The molecule has 0 amide bonds. The highest BCUT2D eigenvalue weighted by Gasteiger charge is 2.20. The van der Waals surface area contributed by atoms with Gasteiger partial charge in [-0.25, -0.2) is 22.8 Å². The normalized spacial score (nSPS) is 11.6. The predicted octanol–water partition coefficient (Wildman–Crippen LogP) is 4.21. The Balaban J connectivity index is 1.99. The molecule has 3 heterocycles. The quantitative estimate of drug-likeness (QED) is 0.552. The summed E-state index contributed by atoms with van der Waals surface area (Å²) in [5, 5.41) is 8.59. The summed E-state index contributed by atoms with van der Waals surface area (Å²) in [5.41, 5.74) is 2.54. The molecule has 132 valence electrons. The van der Waals surface area contributed by atoms with Crippen molar-refractivity contribution >= 4 is 11.0 Å². The molecule has 0 saturated heterocycles. The second kappa shape index (κ2) is 5.98. The molecule has 0 saturated carbocycles. The van der Waals surface area contributed by atoms with Crippen LogP contribution in [0.25, 0.3) is 28.0 Å². The molecule has 3 aromatic heterocycles. The van der Waals surface area contributed by atoms with Gasteiger partial charge in [-0.3, -0.25) is 4.68 Å². The molecule has 26 heavy (non-hydrogen) atoms. The third-order valence-electron chi connectivity index (χ3n) is 4.39. The molecule has 5 nitrogen and oxygen atoms in total. The average Bonchev–Trinajstić information content (AvgIpc) is 3.19. The Hall–Kier alpha value is -3.16. The van der Waals surface area contributed by atoms with Gasteiger partial charge < -0.3 is 0 Å². The fourth-order valence-electron chi connectivity index (χ4n) is 2.86. The Morgan fingerprint density at radius 2 is 1.77 bits per heavy atom. The van der Waals surface area contributed by atoms with E-state index in [4.69, 9.17) is 0 Å². The van der Waals surface area contributed by atoms with E-state index in [-0.39, 0.29) is 16.6 Å². The van der Waals surface area contributed by atoms with Gasteiger partial charge in [0.15, 0.2) is 5.65 Å². The molecule has 0 spiro atoms. The SMILES string of the molecule is Cc1c(-c2cc(C(F)F)c3cnn(-c4ccc(F)cc4)c3n2)cnn1C. The summed E-state index contributed by atoms with van der Waals surface area (Å²) >= 11 is 0. The van der Waals surface area contributed by atoms with Gasteiger partial charge >= 0.3 is 0 Å². The molecule has 0 N–H and O–H groups in total. The topological polar surface area (TPSA) is 48.5 Å². The fourth-order valence-corrected chi connectivity index (χ4v) is 2.86. The van der Waals surface area contributed by atoms with E-state index in [1.807, 2.05) is 6.92 Å². The summed E-state index contributed by atoms with van der Waals surface area (Å²) < 4.78 is 43.5. The van der Waals surface area contributed by atoms with Crippen LogP contribution in [0.5, 0.6) is 0 Å². The molecule has 8 heteroatoms. The number of aryl methyl sites for hydroxylation is 1. The van der Waals surface area contributed by atoms with E-state index < -0.39 is 12.2 Å². The van der Waals surface area contributed by atoms with Crippen molar-refractivity contribution in [1.29, 1.82) is 0 Å². The summed E-state index contributed by atoms with van der Waals surface area (Å²) in [6, 6.07) is 6.98. The number of rotatable bonds is 3. The average molecular weight is 357 g/mol. The molecule has 0 radical (unpaired) electrons. The zero-order chi connectivity index (χ0) is 18.4. The Labute approximate surface area is 146 Å². The molecule has 4 rings (SSSR count). The van der Waals surface area contributed by atoms with Crippen molar-refractivity contribution in [3.05, 3.63) is 59.8 Å². The lowest BCUT2D eigenvalue weighted by molar-refractivity contribution is 0.153. The van der Waals surface area contributed by atoms with Crippen molar-refractivity contribution in [3.63, 3.8) is 0 Å². The summed E-state index contributed by atoms with van der Waals surface area (Å²) in [7, 11) is 1.77. The van der Waals surface area contributed by atoms with Gasteiger partial charge in [0.05, 0.1) is 23.8 Å². The third-order valence-corrected chi connectivity index (χ3v) is 4.39. The number of benzene rings is 1. The van der Waals surface area contributed by atoms with E-state index in [1.165, 1.54) is 41.2 Å². The standard InChI is InChI=1S/C18H14F3N5/c1-10-14(8-22-25(10)2)16-7-13(17(20)21)15-9-23-26(18(15)24-16)12-5-3-11(19)4-6-12/h3-9,17H,1-2H3. The molecule has 0 aliphatic rings. The van der Waals surface area contributed by atoms with E-state index in [0.717, 1.165) is 5.69 Å². The Morgan fingerprint density at radius 3 is 2.38 bits per heavy atom. The number of pyridine rings is 1. The molecule has 0 bridgehead atoms. The minimum atomic E-state index is -2.68. The first kappa shape index (κ1) is 16.3. The van der Waals surface area contributed by atoms with Gasteiger partial charge in [-0.2, -0.15) is 10.2 Å². The van der Waals surface area contributed by atoms with Gasteiger partial charge in [0.25, 0.3) is 6.43 Å². The van der Waals surface area contributed by atoms with E-state index in [1.54, 1.807) is 17.9 Å². The molecule has 0 fully saturated rings. The van der Waals surface area contributed by atoms with Gasteiger partial charge in [0.2, 0.25) is 0 Å². The number of aromatic nitrogens is 5. The summed E-state index contributed by atoms with van der Waals surface area (Å²) in [5.74, 6) is -0.391. The van der Waals surface area contributed by atoms with Crippen LogP contribution in [0.4, 0.5) is 13.2 Å². The van der Waals surface area contributed by atoms with Crippen molar-refractivity contribution in [2.24, 2.45) is 7.05 Å². The number of fused-ring (bicyclic) bond motifs is 1. The van der Waals surface area contributed by atoms with Crippen LogP contribution in [-0.4, -0.2) is 24.5 Å². The van der Waals surface area contributed by atoms with Gasteiger partial charge in [-0.05, 0) is 37.3 Å². The van der Waals surface area contributed by atoms with Crippen molar-refractivity contribution < 1.29 is 13.2 Å². The highest BCUT2D eigenvalue weighted by atomic mass is 19.3. The largest absolute Gasteiger partial charge is 0.272 e. The fraction of sp³-hybridized carbons (Fsp3) is 0.167. The Bertz CT molecular complexity index is 1100. The number of alkyl halides is 2. The van der Waals surface area contributed by atoms with Crippen molar-refractivity contribution in [2.45, 2.75) is 13.3 Å². The molecular formula is C18H14F3N5. The van der Waals surface area contributed by atoms with Gasteiger partial charge in [0.1, 0.15) is 5.82 Å².